The van der Waals surface area contributed by atoms with Gasteiger partial charge < -0.3 is 10.1 Å². The molecule has 1 aromatic carbocycles. The number of halogens is 6. The van der Waals surface area contributed by atoms with E-state index in [-0.39, 0.29) is 30.6 Å². The Morgan fingerprint density at radius 2 is 1.87 bits per heavy atom. The molecule has 1 N–H and O–H groups in total. The molecule has 1 aliphatic heterocycles. The Bertz CT molecular complexity index is 610. The molecule has 3 nitrogen and oxygen atoms in total. The van der Waals surface area contributed by atoms with E-state index in [4.69, 9.17) is 0 Å². The predicted octanol–water partition coefficient (Wildman–Crippen LogP) is 3.12. The fraction of sp³-hybridized carbons (Fsp3) is 0.500. The number of ketones is 1. The maximum absolute atomic E-state index is 12.9. The van der Waals surface area contributed by atoms with Gasteiger partial charge in [-0.25, -0.2) is 0 Å². The highest BCUT2D eigenvalue weighted by molar-refractivity contribution is 5.95. The summed E-state index contributed by atoms with van der Waals surface area (Å²) in [5.74, 6) is -2.47. The average Bonchev–Trinajstić information content (AvgIpc) is 2.55. The van der Waals surface area contributed by atoms with Crippen LogP contribution in [0.4, 0.5) is 26.3 Å². The Kier molecular flexibility index (Phi) is 4.36. The second kappa shape index (κ2) is 5.70. The van der Waals surface area contributed by atoms with Crippen molar-refractivity contribution in [2.45, 2.75) is 31.3 Å². The molecular formula is C14H13F6NO2. The summed E-state index contributed by atoms with van der Waals surface area (Å²) in [6.45, 7) is 1.12. The first-order valence-corrected chi connectivity index (χ1v) is 6.65. The van der Waals surface area contributed by atoms with Crippen molar-refractivity contribution in [3.05, 3.63) is 29.3 Å². The SMILES string of the molecule is CC1(C(=O)C(F)(F)F)CNCCc2cc(OC(F)(F)F)ccc21. The summed E-state index contributed by atoms with van der Waals surface area (Å²) in [5, 5.41) is 2.72. The molecule has 0 aromatic heterocycles. The van der Waals surface area contributed by atoms with Crippen molar-refractivity contribution in [1.29, 1.82) is 0 Å². The fourth-order valence-corrected chi connectivity index (χ4v) is 2.68. The van der Waals surface area contributed by atoms with E-state index in [1.807, 2.05) is 0 Å². The zero-order valence-electron chi connectivity index (χ0n) is 11.9. The smallest absolute Gasteiger partial charge is 0.406 e. The third kappa shape index (κ3) is 3.77. The van der Waals surface area contributed by atoms with Crippen molar-refractivity contribution in [3.8, 4) is 5.75 Å². The quantitative estimate of drug-likeness (QED) is 0.840. The number of hydrogen-bond acceptors (Lipinski definition) is 3. The van der Waals surface area contributed by atoms with Crippen LogP contribution in [0.25, 0.3) is 0 Å². The molecule has 1 unspecified atom stereocenters. The lowest BCUT2D eigenvalue weighted by Crippen LogP contribution is -2.48. The number of nitrogens with one attached hydrogen (secondary N) is 1. The van der Waals surface area contributed by atoms with E-state index in [9.17, 15) is 31.1 Å². The molecule has 0 bridgehead atoms. The number of carbonyl (C=O) groups is 1. The average molecular weight is 341 g/mol. The van der Waals surface area contributed by atoms with Crippen LogP contribution in [0.5, 0.6) is 5.75 Å². The molecule has 0 spiro atoms. The number of fused-ring (bicyclic) bond motifs is 1. The van der Waals surface area contributed by atoms with Crippen LogP contribution in [0, 0.1) is 0 Å². The highest BCUT2D eigenvalue weighted by Crippen LogP contribution is 2.37. The van der Waals surface area contributed by atoms with Crippen molar-refractivity contribution in [1.82, 2.24) is 5.32 Å². The van der Waals surface area contributed by atoms with Gasteiger partial charge in [0.05, 0.1) is 5.41 Å². The van der Waals surface area contributed by atoms with Crippen LogP contribution in [-0.4, -0.2) is 31.4 Å². The van der Waals surface area contributed by atoms with Crippen molar-refractivity contribution in [3.63, 3.8) is 0 Å². The van der Waals surface area contributed by atoms with Gasteiger partial charge in [-0.05, 0) is 43.1 Å². The number of rotatable bonds is 2. The highest BCUT2D eigenvalue weighted by atomic mass is 19.4. The van der Waals surface area contributed by atoms with Gasteiger partial charge in [0.2, 0.25) is 5.78 Å². The van der Waals surface area contributed by atoms with E-state index in [0.717, 1.165) is 25.1 Å². The molecule has 128 valence electrons. The molecule has 9 heteroatoms. The molecule has 1 aliphatic rings. The predicted molar refractivity (Wildman–Crippen MR) is 68.1 cm³/mol. The maximum atomic E-state index is 12.9. The second-order valence-corrected chi connectivity index (χ2v) is 5.45. The van der Waals surface area contributed by atoms with Crippen LogP contribution >= 0.6 is 0 Å². The lowest BCUT2D eigenvalue weighted by atomic mass is 9.76. The summed E-state index contributed by atoms with van der Waals surface area (Å²) in [4.78, 5) is 11.8. The number of hydrogen-bond donors (Lipinski definition) is 1. The van der Waals surface area contributed by atoms with E-state index in [1.165, 1.54) is 0 Å². The summed E-state index contributed by atoms with van der Waals surface area (Å²) >= 11 is 0. The zero-order chi connectivity index (χ0) is 17.5. The normalized spacial score (nSPS) is 22.2. The van der Waals surface area contributed by atoms with Crippen LogP contribution in [0.3, 0.4) is 0 Å². The molecule has 0 aliphatic carbocycles. The van der Waals surface area contributed by atoms with Gasteiger partial charge >= 0.3 is 12.5 Å². The van der Waals surface area contributed by atoms with Gasteiger partial charge in [0, 0.05) is 6.54 Å². The van der Waals surface area contributed by atoms with E-state index >= 15 is 0 Å². The summed E-state index contributed by atoms with van der Waals surface area (Å²) in [7, 11) is 0. The second-order valence-electron chi connectivity index (χ2n) is 5.45. The molecule has 0 saturated carbocycles. The summed E-state index contributed by atoms with van der Waals surface area (Å²) in [6, 6.07) is 3.03. The van der Waals surface area contributed by atoms with E-state index in [2.05, 4.69) is 10.1 Å². The first kappa shape index (κ1) is 17.6. The van der Waals surface area contributed by atoms with Gasteiger partial charge in [-0.1, -0.05) is 6.07 Å². The van der Waals surface area contributed by atoms with Gasteiger partial charge in [-0.2, -0.15) is 13.2 Å². The van der Waals surface area contributed by atoms with Crippen LogP contribution in [-0.2, 0) is 16.6 Å². The summed E-state index contributed by atoms with van der Waals surface area (Å²) < 4.78 is 79.1. The zero-order valence-corrected chi connectivity index (χ0v) is 11.9. The molecule has 1 heterocycles. The van der Waals surface area contributed by atoms with E-state index in [1.54, 1.807) is 0 Å². The van der Waals surface area contributed by atoms with Gasteiger partial charge in [0.1, 0.15) is 5.75 Å². The summed E-state index contributed by atoms with van der Waals surface area (Å²) in [5.41, 5.74) is -1.63. The van der Waals surface area contributed by atoms with Crippen LogP contribution in [0.15, 0.2) is 18.2 Å². The number of benzene rings is 1. The highest BCUT2D eigenvalue weighted by Gasteiger charge is 2.52. The first-order valence-electron chi connectivity index (χ1n) is 6.65. The van der Waals surface area contributed by atoms with Crippen molar-refractivity contribution in [2.75, 3.05) is 13.1 Å². The fourth-order valence-electron chi connectivity index (χ4n) is 2.68. The molecular weight excluding hydrogens is 328 g/mol. The molecule has 1 atom stereocenters. The Hall–Kier alpha value is -1.77. The lowest BCUT2D eigenvalue weighted by Gasteiger charge is -2.29. The lowest BCUT2D eigenvalue weighted by molar-refractivity contribution is -0.274. The molecule has 0 saturated heterocycles. The Labute approximate surface area is 127 Å². The van der Waals surface area contributed by atoms with Crippen LogP contribution in [0.1, 0.15) is 18.1 Å². The minimum absolute atomic E-state index is 0.0550. The Morgan fingerprint density at radius 3 is 2.43 bits per heavy atom. The standard InChI is InChI=1S/C14H13F6NO2/c1-12(11(22)13(15,16)17)7-21-5-4-8-6-9(2-3-10(8)12)23-14(18,19)20/h2-3,6,21H,4-5,7H2,1H3. The van der Waals surface area contributed by atoms with Crippen molar-refractivity contribution >= 4 is 5.78 Å². The molecule has 23 heavy (non-hydrogen) atoms. The maximum Gasteiger partial charge on any atom is 0.573 e. The monoisotopic (exact) mass is 341 g/mol. The van der Waals surface area contributed by atoms with E-state index < -0.39 is 29.5 Å². The molecule has 0 radical (unpaired) electrons. The Balaban J connectivity index is 2.47. The van der Waals surface area contributed by atoms with Gasteiger partial charge in [0.25, 0.3) is 0 Å². The minimum Gasteiger partial charge on any atom is -0.406 e. The van der Waals surface area contributed by atoms with Crippen molar-refractivity contribution in [2.24, 2.45) is 0 Å². The van der Waals surface area contributed by atoms with Gasteiger partial charge in [0.15, 0.2) is 0 Å². The first-order chi connectivity index (χ1) is 10.4. The molecule has 1 aromatic rings. The molecule has 0 fully saturated rings. The molecule has 2 rings (SSSR count). The number of Topliss-reactive ketones (excluding diaryl/α,β-unsaturated/α-hetero) is 1. The third-order valence-electron chi connectivity index (χ3n) is 3.71. The van der Waals surface area contributed by atoms with Gasteiger partial charge in [-0.15, -0.1) is 13.2 Å². The largest absolute Gasteiger partial charge is 0.573 e. The topological polar surface area (TPSA) is 38.3 Å². The number of ether oxygens (including phenoxy) is 1. The summed E-state index contributed by atoms with van der Waals surface area (Å²) in [6.07, 6.45) is -9.76. The Morgan fingerprint density at radius 1 is 1.22 bits per heavy atom. The van der Waals surface area contributed by atoms with E-state index in [0.29, 0.717) is 0 Å². The van der Waals surface area contributed by atoms with Crippen LogP contribution in [0.2, 0.25) is 0 Å². The number of alkyl halides is 6. The van der Waals surface area contributed by atoms with Crippen molar-refractivity contribution < 1.29 is 35.9 Å². The molecule has 0 amide bonds. The number of carbonyl (C=O) groups excluding carboxylic acids is 1. The van der Waals surface area contributed by atoms with Crippen LogP contribution < -0.4 is 10.1 Å². The minimum atomic E-state index is -5.04. The van der Waals surface area contributed by atoms with Gasteiger partial charge in [-0.3, -0.25) is 4.79 Å². The third-order valence-corrected chi connectivity index (χ3v) is 3.71.